The van der Waals surface area contributed by atoms with Crippen LogP contribution >= 0.6 is 0 Å². The molecule has 2 aromatic heterocycles. The molecular formula is C15H21N5O3S. The molecule has 8 nitrogen and oxygen atoms in total. The maximum atomic E-state index is 12.3. The second-order valence-corrected chi connectivity index (χ2v) is 8.51. The number of carbonyl (C=O) groups excluding carboxylic acids is 1. The van der Waals surface area contributed by atoms with Crippen molar-refractivity contribution in [2.45, 2.75) is 37.5 Å². The molecule has 1 aliphatic rings. The molecule has 0 unspecified atom stereocenters. The van der Waals surface area contributed by atoms with Gasteiger partial charge in [-0.1, -0.05) is 13.8 Å². The first kappa shape index (κ1) is 16.8. The fraction of sp³-hybridized carbons (Fsp3) is 0.600. The van der Waals surface area contributed by atoms with Crippen LogP contribution in [0.3, 0.4) is 0 Å². The van der Waals surface area contributed by atoms with Gasteiger partial charge in [0.05, 0.1) is 11.9 Å². The van der Waals surface area contributed by atoms with Crippen molar-refractivity contribution in [2.75, 3.05) is 19.3 Å². The zero-order valence-electron chi connectivity index (χ0n) is 14.0. The molecule has 0 radical (unpaired) electrons. The van der Waals surface area contributed by atoms with Crippen LogP contribution in [-0.4, -0.2) is 58.2 Å². The first-order valence-corrected chi connectivity index (χ1v) is 9.85. The average molecular weight is 351 g/mol. The summed E-state index contributed by atoms with van der Waals surface area (Å²) in [5, 5.41) is 4.15. The molecule has 130 valence electrons. The molecule has 24 heavy (non-hydrogen) atoms. The number of amides is 1. The Kier molecular flexibility index (Phi) is 4.29. The molecule has 0 spiro atoms. The Bertz CT molecular complexity index is 874. The zero-order valence-corrected chi connectivity index (χ0v) is 14.8. The molecule has 0 saturated carbocycles. The second kappa shape index (κ2) is 6.12. The van der Waals surface area contributed by atoms with E-state index in [0.717, 1.165) is 19.1 Å². The highest BCUT2D eigenvalue weighted by Gasteiger charge is 2.31. The highest BCUT2D eigenvalue weighted by molar-refractivity contribution is 7.90. The molecule has 0 aromatic carbocycles. The maximum Gasteiger partial charge on any atom is 0.252 e. The molecule has 1 aliphatic heterocycles. The van der Waals surface area contributed by atoms with Gasteiger partial charge in [0.15, 0.2) is 9.84 Å². The van der Waals surface area contributed by atoms with Crippen molar-refractivity contribution in [1.29, 1.82) is 0 Å². The van der Waals surface area contributed by atoms with E-state index in [-0.39, 0.29) is 22.6 Å². The molecule has 1 atom stereocenters. The molecule has 1 saturated heterocycles. The minimum Gasteiger partial charge on any atom is -0.342 e. The molecule has 0 N–H and O–H groups in total. The third kappa shape index (κ3) is 3.00. The fourth-order valence-corrected chi connectivity index (χ4v) is 4.08. The van der Waals surface area contributed by atoms with E-state index in [9.17, 15) is 13.2 Å². The summed E-state index contributed by atoms with van der Waals surface area (Å²) < 4.78 is 25.9. The van der Waals surface area contributed by atoms with Crippen molar-refractivity contribution in [3.8, 4) is 0 Å². The van der Waals surface area contributed by atoms with E-state index in [0.29, 0.717) is 24.6 Å². The van der Waals surface area contributed by atoms with Gasteiger partial charge in [-0.2, -0.15) is 14.6 Å². The van der Waals surface area contributed by atoms with Crippen LogP contribution in [0.25, 0.3) is 5.78 Å². The normalized spacial score (nSPS) is 19.2. The number of aromatic nitrogens is 4. The quantitative estimate of drug-likeness (QED) is 0.814. The van der Waals surface area contributed by atoms with Gasteiger partial charge in [0.1, 0.15) is 11.2 Å². The first-order valence-electron chi connectivity index (χ1n) is 7.96. The minimum atomic E-state index is -3.46. The number of fused-ring (bicyclic) bond motifs is 1. The summed E-state index contributed by atoms with van der Waals surface area (Å²) in [6, 6.07) is 0. The van der Waals surface area contributed by atoms with Gasteiger partial charge in [-0.15, -0.1) is 0 Å². The zero-order chi connectivity index (χ0) is 17.5. The van der Waals surface area contributed by atoms with Crippen LogP contribution in [0, 0.1) is 5.92 Å². The molecule has 9 heteroatoms. The molecule has 2 aromatic rings. The number of likely N-dealkylation sites (tertiary alicyclic amines) is 1. The third-order valence-electron chi connectivity index (χ3n) is 4.32. The molecule has 1 fully saturated rings. The van der Waals surface area contributed by atoms with E-state index in [1.165, 1.54) is 17.0 Å². The van der Waals surface area contributed by atoms with Crippen molar-refractivity contribution in [2.24, 2.45) is 5.92 Å². The van der Waals surface area contributed by atoms with Gasteiger partial charge in [-0.3, -0.25) is 4.79 Å². The predicted molar refractivity (Wildman–Crippen MR) is 87.3 cm³/mol. The lowest BCUT2D eigenvalue weighted by molar-refractivity contribution is -0.135. The molecule has 1 amide bonds. The Balaban J connectivity index is 2.07. The van der Waals surface area contributed by atoms with Crippen molar-refractivity contribution >= 4 is 21.5 Å². The Hall–Kier alpha value is -2.03. The summed E-state index contributed by atoms with van der Waals surface area (Å²) in [6.07, 6.45) is 5.49. The Morgan fingerprint density at radius 1 is 1.33 bits per heavy atom. The van der Waals surface area contributed by atoms with Gasteiger partial charge in [0, 0.05) is 31.2 Å². The van der Waals surface area contributed by atoms with Gasteiger partial charge < -0.3 is 4.90 Å². The topological polar surface area (TPSA) is 97.5 Å². The Morgan fingerprint density at radius 3 is 2.75 bits per heavy atom. The second-order valence-electron chi connectivity index (χ2n) is 6.53. The lowest BCUT2D eigenvalue weighted by Gasteiger charge is -2.34. The number of piperidine rings is 1. The van der Waals surface area contributed by atoms with Crippen LogP contribution < -0.4 is 0 Å². The van der Waals surface area contributed by atoms with Gasteiger partial charge in [-0.05, 0) is 12.8 Å². The summed E-state index contributed by atoms with van der Waals surface area (Å²) in [6.45, 7) is 4.93. The molecule has 3 rings (SSSR count). The SMILES string of the molecule is CC(C)C(=O)N1CCC[C@@H](c2c(S(C)(=O)=O)cnc3ncnn23)C1. The largest absolute Gasteiger partial charge is 0.342 e. The highest BCUT2D eigenvalue weighted by atomic mass is 32.2. The molecule has 3 heterocycles. The molecule has 0 bridgehead atoms. The lowest BCUT2D eigenvalue weighted by Crippen LogP contribution is -2.41. The van der Waals surface area contributed by atoms with Crippen molar-refractivity contribution < 1.29 is 13.2 Å². The summed E-state index contributed by atoms with van der Waals surface area (Å²) in [7, 11) is -3.46. The van der Waals surface area contributed by atoms with Crippen LogP contribution in [0.15, 0.2) is 17.4 Å². The minimum absolute atomic E-state index is 0.0815. The maximum absolute atomic E-state index is 12.3. The highest BCUT2D eigenvalue weighted by Crippen LogP contribution is 2.31. The Labute approximate surface area is 140 Å². The summed E-state index contributed by atoms with van der Waals surface area (Å²) in [5.41, 5.74) is 0.571. The van der Waals surface area contributed by atoms with E-state index in [1.54, 1.807) is 0 Å². The lowest BCUT2D eigenvalue weighted by atomic mass is 9.93. The number of nitrogens with zero attached hydrogens (tertiary/aromatic N) is 5. The van der Waals surface area contributed by atoms with Crippen LogP contribution in [0.4, 0.5) is 0 Å². The third-order valence-corrected chi connectivity index (χ3v) is 5.43. The number of sulfone groups is 1. The van der Waals surface area contributed by atoms with E-state index in [1.807, 2.05) is 18.7 Å². The number of hydrogen-bond acceptors (Lipinski definition) is 6. The van der Waals surface area contributed by atoms with Crippen molar-refractivity contribution in [3.63, 3.8) is 0 Å². The average Bonchev–Trinajstić information content (AvgIpc) is 3.00. The Morgan fingerprint density at radius 2 is 2.08 bits per heavy atom. The summed E-state index contributed by atoms with van der Waals surface area (Å²) in [4.78, 5) is 22.4. The smallest absolute Gasteiger partial charge is 0.252 e. The van der Waals surface area contributed by atoms with Gasteiger partial charge in [0.25, 0.3) is 5.78 Å². The van der Waals surface area contributed by atoms with Gasteiger partial charge >= 0.3 is 0 Å². The van der Waals surface area contributed by atoms with Crippen molar-refractivity contribution in [1.82, 2.24) is 24.5 Å². The predicted octanol–water partition coefficient (Wildman–Crippen LogP) is 0.890. The first-order chi connectivity index (χ1) is 11.3. The number of carbonyl (C=O) groups is 1. The summed E-state index contributed by atoms with van der Waals surface area (Å²) in [5.74, 6) is 0.259. The summed E-state index contributed by atoms with van der Waals surface area (Å²) >= 11 is 0. The van der Waals surface area contributed by atoms with Gasteiger partial charge in [-0.25, -0.2) is 13.4 Å². The van der Waals surface area contributed by atoms with E-state index in [2.05, 4.69) is 15.1 Å². The fourth-order valence-electron chi connectivity index (χ4n) is 3.21. The van der Waals surface area contributed by atoms with E-state index >= 15 is 0 Å². The van der Waals surface area contributed by atoms with Crippen LogP contribution in [0.5, 0.6) is 0 Å². The van der Waals surface area contributed by atoms with E-state index in [4.69, 9.17) is 0 Å². The standard InChI is InChI=1S/C15H21N5O3S/c1-10(2)14(21)19-6-4-5-11(8-19)13-12(24(3,22)23)7-16-15-17-9-18-20(13)15/h7,9-11H,4-6,8H2,1-3H3/t11-/m1/s1. The van der Waals surface area contributed by atoms with Crippen LogP contribution in [0.2, 0.25) is 0 Å². The number of hydrogen-bond donors (Lipinski definition) is 0. The van der Waals surface area contributed by atoms with E-state index < -0.39 is 9.84 Å². The van der Waals surface area contributed by atoms with Crippen molar-refractivity contribution in [3.05, 3.63) is 18.2 Å². The molecular weight excluding hydrogens is 330 g/mol. The van der Waals surface area contributed by atoms with Crippen LogP contribution in [-0.2, 0) is 14.6 Å². The van der Waals surface area contributed by atoms with Crippen LogP contribution in [0.1, 0.15) is 38.3 Å². The van der Waals surface area contributed by atoms with Gasteiger partial charge in [0.2, 0.25) is 5.91 Å². The number of rotatable bonds is 3. The monoisotopic (exact) mass is 351 g/mol. The molecule has 0 aliphatic carbocycles.